The summed E-state index contributed by atoms with van der Waals surface area (Å²) < 4.78 is 0. The second-order valence-electron chi connectivity index (χ2n) is 6.24. The van der Waals surface area contributed by atoms with Crippen molar-refractivity contribution in [3.63, 3.8) is 0 Å². The summed E-state index contributed by atoms with van der Waals surface area (Å²) in [4.78, 5) is 48.2. The summed E-state index contributed by atoms with van der Waals surface area (Å²) in [6, 6.07) is -1.71. The number of aliphatic carboxylic acids is 2. The number of hydrogen-bond acceptors (Lipinski definition) is 4. The fraction of sp³-hybridized carbons (Fsp3) is 0.733. The Morgan fingerprint density at radius 2 is 1.65 bits per heavy atom. The number of carboxylic acids is 2. The first kappa shape index (κ1) is 17.2. The van der Waals surface area contributed by atoms with Gasteiger partial charge in [-0.1, -0.05) is 6.42 Å². The molecule has 0 aromatic heterocycles. The first-order valence-electron chi connectivity index (χ1n) is 7.89. The number of carbonyl (C=O) groups is 4. The molecule has 2 fully saturated rings. The van der Waals surface area contributed by atoms with E-state index in [-0.39, 0.29) is 0 Å². The third-order valence-corrected chi connectivity index (χ3v) is 4.72. The van der Waals surface area contributed by atoms with E-state index >= 15 is 0 Å². The Kier molecular flexibility index (Phi) is 5.23. The van der Waals surface area contributed by atoms with Crippen LogP contribution in [0.2, 0.25) is 0 Å². The van der Waals surface area contributed by atoms with Crippen molar-refractivity contribution in [1.82, 2.24) is 10.2 Å². The first-order chi connectivity index (χ1) is 10.8. The number of nitrogens with zero attached hydrogens (tertiary/aromatic N) is 1. The maximum atomic E-state index is 12.4. The first-order valence-corrected chi connectivity index (χ1v) is 7.89. The molecule has 8 heteroatoms. The minimum atomic E-state index is -1.05. The van der Waals surface area contributed by atoms with E-state index in [9.17, 15) is 19.2 Å². The molecule has 0 bridgehead atoms. The minimum Gasteiger partial charge on any atom is -0.481 e. The van der Waals surface area contributed by atoms with Crippen LogP contribution in [0.4, 0.5) is 0 Å². The van der Waals surface area contributed by atoms with Crippen LogP contribution in [0.15, 0.2) is 0 Å². The van der Waals surface area contributed by atoms with Gasteiger partial charge in [0.05, 0.1) is 11.8 Å². The Bertz CT molecular complexity index is 520. The number of amides is 2. The van der Waals surface area contributed by atoms with E-state index in [0.29, 0.717) is 38.6 Å². The van der Waals surface area contributed by atoms with Crippen LogP contribution in [-0.2, 0) is 19.2 Å². The molecule has 0 radical (unpaired) electrons. The zero-order valence-corrected chi connectivity index (χ0v) is 13.0. The topological polar surface area (TPSA) is 124 Å². The summed E-state index contributed by atoms with van der Waals surface area (Å²) in [5.41, 5.74) is 0. The van der Waals surface area contributed by atoms with Gasteiger partial charge in [0.25, 0.3) is 0 Å². The predicted octanol–water partition coefficient (Wildman–Crippen LogP) is 0.0676. The highest BCUT2D eigenvalue weighted by atomic mass is 16.4. The molecule has 0 aromatic rings. The summed E-state index contributed by atoms with van der Waals surface area (Å²) in [5, 5.41) is 20.8. The number of likely N-dealkylation sites (tertiary alicyclic amines) is 1. The van der Waals surface area contributed by atoms with Gasteiger partial charge in [-0.2, -0.15) is 0 Å². The molecule has 1 aliphatic carbocycles. The number of carbonyl (C=O) groups excluding carboxylic acids is 2. The summed E-state index contributed by atoms with van der Waals surface area (Å²) in [6.07, 6.45) is 2.65. The van der Waals surface area contributed by atoms with Crippen LogP contribution < -0.4 is 5.32 Å². The van der Waals surface area contributed by atoms with Gasteiger partial charge in [-0.25, -0.2) is 4.79 Å². The lowest BCUT2D eigenvalue weighted by Crippen LogP contribution is -2.51. The maximum absolute atomic E-state index is 12.4. The lowest BCUT2D eigenvalue weighted by Gasteiger charge is -2.26. The largest absolute Gasteiger partial charge is 0.481 e. The SMILES string of the molecule is C[C@H](NC(=O)[C@@H]1CCC[C@@H]1C(=O)O)C(=O)N1CCC[C@H]1C(=O)O. The van der Waals surface area contributed by atoms with Crippen molar-refractivity contribution in [3.05, 3.63) is 0 Å². The van der Waals surface area contributed by atoms with Gasteiger partial charge in [-0.05, 0) is 32.6 Å². The second kappa shape index (κ2) is 6.97. The monoisotopic (exact) mass is 326 g/mol. The van der Waals surface area contributed by atoms with Crippen LogP contribution in [0.25, 0.3) is 0 Å². The molecular weight excluding hydrogens is 304 g/mol. The molecule has 128 valence electrons. The van der Waals surface area contributed by atoms with E-state index in [1.54, 1.807) is 0 Å². The third-order valence-electron chi connectivity index (χ3n) is 4.72. The Morgan fingerprint density at radius 3 is 2.26 bits per heavy atom. The molecule has 0 spiro atoms. The zero-order chi connectivity index (χ0) is 17.1. The van der Waals surface area contributed by atoms with Crippen molar-refractivity contribution in [1.29, 1.82) is 0 Å². The number of carboxylic acid groups (broad SMARTS) is 2. The van der Waals surface area contributed by atoms with Crippen molar-refractivity contribution in [2.75, 3.05) is 6.54 Å². The molecular formula is C15H22N2O6. The van der Waals surface area contributed by atoms with Crippen molar-refractivity contribution >= 4 is 23.8 Å². The van der Waals surface area contributed by atoms with E-state index in [4.69, 9.17) is 10.2 Å². The molecule has 0 unspecified atom stereocenters. The third kappa shape index (κ3) is 3.62. The fourth-order valence-corrected chi connectivity index (χ4v) is 3.49. The van der Waals surface area contributed by atoms with Crippen molar-refractivity contribution in [2.24, 2.45) is 11.8 Å². The maximum Gasteiger partial charge on any atom is 0.326 e. The lowest BCUT2D eigenvalue weighted by molar-refractivity contribution is -0.150. The highest BCUT2D eigenvalue weighted by Crippen LogP contribution is 2.32. The summed E-state index contributed by atoms with van der Waals surface area (Å²) in [5.74, 6) is -4.26. The zero-order valence-electron chi connectivity index (χ0n) is 13.0. The second-order valence-corrected chi connectivity index (χ2v) is 6.24. The van der Waals surface area contributed by atoms with E-state index in [1.165, 1.54) is 11.8 Å². The highest BCUT2D eigenvalue weighted by molar-refractivity contribution is 5.92. The van der Waals surface area contributed by atoms with Gasteiger partial charge in [0.15, 0.2) is 0 Å². The van der Waals surface area contributed by atoms with Crippen LogP contribution in [-0.4, -0.2) is 57.5 Å². The van der Waals surface area contributed by atoms with Gasteiger partial charge in [-0.15, -0.1) is 0 Å². The molecule has 23 heavy (non-hydrogen) atoms. The Hall–Kier alpha value is -2.12. The van der Waals surface area contributed by atoms with E-state index < -0.39 is 47.7 Å². The van der Waals surface area contributed by atoms with E-state index in [2.05, 4.69) is 5.32 Å². The normalized spacial score (nSPS) is 28.4. The predicted molar refractivity (Wildman–Crippen MR) is 78.4 cm³/mol. The van der Waals surface area contributed by atoms with Crippen molar-refractivity contribution in [2.45, 2.75) is 51.1 Å². The molecule has 2 amide bonds. The van der Waals surface area contributed by atoms with Gasteiger partial charge < -0.3 is 20.4 Å². The quantitative estimate of drug-likeness (QED) is 0.656. The molecule has 0 aromatic carbocycles. The molecule has 1 aliphatic heterocycles. The average molecular weight is 326 g/mol. The van der Waals surface area contributed by atoms with Gasteiger partial charge >= 0.3 is 11.9 Å². The number of hydrogen-bond donors (Lipinski definition) is 3. The Morgan fingerprint density at radius 1 is 1.00 bits per heavy atom. The molecule has 2 rings (SSSR count). The lowest BCUT2D eigenvalue weighted by atomic mass is 9.95. The van der Waals surface area contributed by atoms with Crippen LogP contribution in [0, 0.1) is 11.8 Å². The molecule has 1 saturated heterocycles. The van der Waals surface area contributed by atoms with Crippen molar-refractivity contribution in [3.8, 4) is 0 Å². The van der Waals surface area contributed by atoms with E-state index in [0.717, 1.165) is 0 Å². The van der Waals surface area contributed by atoms with Gasteiger partial charge in [0, 0.05) is 6.54 Å². The van der Waals surface area contributed by atoms with Gasteiger partial charge in [-0.3, -0.25) is 14.4 Å². The molecule has 1 saturated carbocycles. The summed E-state index contributed by atoms with van der Waals surface area (Å²) in [6.45, 7) is 1.86. The highest BCUT2D eigenvalue weighted by Gasteiger charge is 2.40. The van der Waals surface area contributed by atoms with Crippen LogP contribution >= 0.6 is 0 Å². The van der Waals surface area contributed by atoms with Crippen LogP contribution in [0.1, 0.15) is 39.0 Å². The standard InChI is InChI=1S/C15H22N2O6/c1-8(13(19)17-7-3-6-11(17)15(22)23)16-12(18)9-4-2-5-10(9)14(20)21/h8-11H,2-7H2,1H3,(H,16,18)(H,20,21)(H,22,23)/t8-,9+,10-,11-/m0/s1. The fourth-order valence-electron chi connectivity index (χ4n) is 3.49. The van der Waals surface area contributed by atoms with Crippen LogP contribution in [0.3, 0.4) is 0 Å². The molecule has 2 aliphatic rings. The Balaban J connectivity index is 1.96. The smallest absolute Gasteiger partial charge is 0.326 e. The number of nitrogens with one attached hydrogen (secondary N) is 1. The summed E-state index contributed by atoms with van der Waals surface area (Å²) in [7, 11) is 0. The minimum absolute atomic E-state index is 0.358. The molecule has 4 atom stereocenters. The average Bonchev–Trinajstić information content (AvgIpc) is 3.14. The van der Waals surface area contributed by atoms with Crippen molar-refractivity contribution < 1.29 is 29.4 Å². The molecule has 1 heterocycles. The molecule has 3 N–H and O–H groups in total. The summed E-state index contributed by atoms with van der Waals surface area (Å²) >= 11 is 0. The Labute approximate surface area is 133 Å². The van der Waals surface area contributed by atoms with Gasteiger partial charge in [0.1, 0.15) is 12.1 Å². The number of rotatable bonds is 5. The van der Waals surface area contributed by atoms with Gasteiger partial charge in [0.2, 0.25) is 11.8 Å². The van der Waals surface area contributed by atoms with E-state index in [1.807, 2.05) is 0 Å². The molecule has 8 nitrogen and oxygen atoms in total. The van der Waals surface area contributed by atoms with Crippen LogP contribution in [0.5, 0.6) is 0 Å².